The fourth-order valence-corrected chi connectivity index (χ4v) is 3.90. The largest absolute Gasteiger partial charge is 0.493 e. The molecule has 184 valence electrons. The molecular formula is C28H26BrN3O4. The van der Waals surface area contributed by atoms with Crippen LogP contribution in [-0.2, 0) is 9.59 Å². The second-order valence-electron chi connectivity index (χ2n) is 8.11. The van der Waals surface area contributed by atoms with E-state index in [2.05, 4.69) is 26.6 Å². The minimum Gasteiger partial charge on any atom is -0.493 e. The first-order valence-corrected chi connectivity index (χ1v) is 11.9. The fourth-order valence-electron chi connectivity index (χ4n) is 3.33. The van der Waals surface area contributed by atoms with E-state index in [1.807, 2.05) is 63.2 Å². The summed E-state index contributed by atoms with van der Waals surface area (Å²) in [7, 11) is 1.47. The van der Waals surface area contributed by atoms with Gasteiger partial charge < -0.3 is 20.1 Å². The van der Waals surface area contributed by atoms with Crippen LogP contribution < -0.4 is 20.1 Å². The van der Waals surface area contributed by atoms with Crippen LogP contribution in [0.25, 0.3) is 6.08 Å². The number of nitrogens with one attached hydrogen (secondary N) is 2. The molecule has 0 fully saturated rings. The topological polar surface area (TPSA) is 100 Å². The molecule has 0 spiro atoms. The van der Waals surface area contributed by atoms with Gasteiger partial charge in [-0.15, -0.1) is 0 Å². The van der Waals surface area contributed by atoms with E-state index in [1.165, 1.54) is 13.2 Å². The molecule has 3 aromatic carbocycles. The Hall–Kier alpha value is -4.09. The van der Waals surface area contributed by atoms with Gasteiger partial charge >= 0.3 is 0 Å². The summed E-state index contributed by atoms with van der Waals surface area (Å²) in [6.07, 6.45) is 1.46. The predicted molar refractivity (Wildman–Crippen MR) is 144 cm³/mol. The summed E-state index contributed by atoms with van der Waals surface area (Å²) in [4.78, 5) is 25.1. The lowest BCUT2D eigenvalue weighted by Crippen LogP contribution is -2.20. The van der Waals surface area contributed by atoms with Crippen LogP contribution in [0.15, 0.2) is 64.6 Å². The highest BCUT2D eigenvalue weighted by atomic mass is 79.9. The molecule has 7 nitrogen and oxygen atoms in total. The molecule has 0 aromatic heterocycles. The SMILES string of the molecule is COc1cc(/C=C(\C#N)C(=O)Nc2cccc(C)c2C)cc(Br)c1OCC(=O)Nc1ccc(C)cc1. The molecule has 0 aliphatic carbocycles. The maximum atomic E-state index is 12.7. The number of ether oxygens (including phenoxy) is 2. The number of methoxy groups -OCH3 is 1. The highest BCUT2D eigenvalue weighted by molar-refractivity contribution is 9.10. The number of amides is 2. The number of nitriles is 1. The number of rotatable bonds is 8. The summed E-state index contributed by atoms with van der Waals surface area (Å²) in [6.45, 7) is 5.59. The Morgan fingerprint density at radius 2 is 1.78 bits per heavy atom. The average Bonchev–Trinajstić information content (AvgIpc) is 2.85. The van der Waals surface area contributed by atoms with Crippen LogP contribution in [0, 0.1) is 32.1 Å². The van der Waals surface area contributed by atoms with E-state index in [0.29, 0.717) is 32.9 Å². The molecule has 0 radical (unpaired) electrons. The number of hydrogen-bond acceptors (Lipinski definition) is 5. The van der Waals surface area contributed by atoms with Crippen molar-refractivity contribution in [1.29, 1.82) is 5.26 Å². The monoisotopic (exact) mass is 547 g/mol. The molecule has 0 saturated carbocycles. The number of carbonyl (C=O) groups excluding carboxylic acids is 2. The second-order valence-corrected chi connectivity index (χ2v) is 8.96. The van der Waals surface area contributed by atoms with Crippen LogP contribution in [0.3, 0.4) is 0 Å². The molecule has 0 saturated heterocycles. The average molecular weight is 548 g/mol. The van der Waals surface area contributed by atoms with Gasteiger partial charge in [0.1, 0.15) is 11.6 Å². The lowest BCUT2D eigenvalue weighted by Gasteiger charge is -2.14. The number of benzene rings is 3. The Kier molecular flexibility index (Phi) is 8.87. The summed E-state index contributed by atoms with van der Waals surface area (Å²) in [5.74, 6) is -0.181. The number of anilines is 2. The van der Waals surface area contributed by atoms with Crippen molar-refractivity contribution in [3.8, 4) is 17.6 Å². The smallest absolute Gasteiger partial charge is 0.266 e. The van der Waals surface area contributed by atoms with Crippen molar-refractivity contribution in [2.24, 2.45) is 0 Å². The zero-order valence-electron chi connectivity index (χ0n) is 20.4. The molecule has 36 heavy (non-hydrogen) atoms. The van der Waals surface area contributed by atoms with Crippen molar-refractivity contribution in [1.82, 2.24) is 0 Å². The van der Waals surface area contributed by atoms with E-state index in [4.69, 9.17) is 9.47 Å². The van der Waals surface area contributed by atoms with Crippen molar-refractivity contribution in [2.45, 2.75) is 20.8 Å². The summed E-state index contributed by atoms with van der Waals surface area (Å²) in [5, 5.41) is 15.2. The predicted octanol–water partition coefficient (Wildman–Crippen LogP) is 5.95. The van der Waals surface area contributed by atoms with Gasteiger partial charge in [0.25, 0.3) is 11.8 Å². The van der Waals surface area contributed by atoms with Gasteiger partial charge in [-0.3, -0.25) is 9.59 Å². The molecule has 8 heteroatoms. The van der Waals surface area contributed by atoms with Crippen LogP contribution in [-0.4, -0.2) is 25.5 Å². The number of aryl methyl sites for hydroxylation is 2. The fraction of sp³-hybridized carbons (Fsp3) is 0.179. The summed E-state index contributed by atoms with van der Waals surface area (Å²) in [6, 6.07) is 18.3. The van der Waals surface area contributed by atoms with Crippen molar-refractivity contribution >= 4 is 45.2 Å². The van der Waals surface area contributed by atoms with Gasteiger partial charge in [0, 0.05) is 11.4 Å². The Bertz CT molecular complexity index is 1360. The summed E-state index contributed by atoms with van der Waals surface area (Å²) >= 11 is 3.43. The van der Waals surface area contributed by atoms with E-state index in [-0.39, 0.29) is 18.1 Å². The van der Waals surface area contributed by atoms with Crippen molar-refractivity contribution in [2.75, 3.05) is 24.4 Å². The van der Waals surface area contributed by atoms with Gasteiger partial charge in [0.05, 0.1) is 11.6 Å². The molecule has 0 aliphatic rings. The first-order valence-electron chi connectivity index (χ1n) is 11.1. The Labute approximate surface area is 218 Å². The Balaban J connectivity index is 1.75. The normalized spacial score (nSPS) is 10.8. The van der Waals surface area contributed by atoms with Crippen LogP contribution >= 0.6 is 15.9 Å². The number of carbonyl (C=O) groups is 2. The Morgan fingerprint density at radius 1 is 1.06 bits per heavy atom. The first-order chi connectivity index (χ1) is 17.2. The lowest BCUT2D eigenvalue weighted by atomic mass is 10.1. The van der Waals surface area contributed by atoms with Crippen LogP contribution in [0.5, 0.6) is 11.5 Å². The summed E-state index contributed by atoms with van der Waals surface area (Å²) < 4.78 is 11.6. The first kappa shape index (κ1) is 26.5. The van der Waals surface area contributed by atoms with E-state index < -0.39 is 5.91 Å². The van der Waals surface area contributed by atoms with Crippen LogP contribution in [0.1, 0.15) is 22.3 Å². The molecule has 0 atom stereocenters. The van der Waals surface area contributed by atoms with Gasteiger partial charge in [-0.2, -0.15) is 5.26 Å². The van der Waals surface area contributed by atoms with E-state index >= 15 is 0 Å². The third-order valence-electron chi connectivity index (χ3n) is 5.46. The zero-order valence-corrected chi connectivity index (χ0v) is 22.0. The van der Waals surface area contributed by atoms with Gasteiger partial charge in [-0.25, -0.2) is 0 Å². The number of halogens is 1. The minimum absolute atomic E-state index is 0.0731. The van der Waals surface area contributed by atoms with Crippen molar-refractivity contribution < 1.29 is 19.1 Å². The molecule has 0 aliphatic heterocycles. The highest BCUT2D eigenvalue weighted by Gasteiger charge is 2.16. The molecule has 3 rings (SSSR count). The Morgan fingerprint density at radius 3 is 2.44 bits per heavy atom. The third kappa shape index (κ3) is 6.74. The molecular weight excluding hydrogens is 522 g/mol. The lowest BCUT2D eigenvalue weighted by molar-refractivity contribution is -0.118. The highest BCUT2D eigenvalue weighted by Crippen LogP contribution is 2.37. The zero-order chi connectivity index (χ0) is 26.2. The number of hydrogen-bond donors (Lipinski definition) is 2. The summed E-state index contributed by atoms with van der Waals surface area (Å²) in [5.41, 5.74) is 4.84. The van der Waals surface area contributed by atoms with E-state index in [0.717, 1.165) is 16.7 Å². The molecule has 0 bridgehead atoms. The minimum atomic E-state index is -0.519. The molecule has 2 amide bonds. The maximum absolute atomic E-state index is 12.7. The van der Waals surface area contributed by atoms with Gasteiger partial charge in [-0.05, 0) is 89.8 Å². The van der Waals surface area contributed by atoms with Crippen molar-refractivity contribution in [3.05, 3.63) is 86.9 Å². The van der Waals surface area contributed by atoms with E-state index in [1.54, 1.807) is 18.2 Å². The van der Waals surface area contributed by atoms with Gasteiger partial charge in [0.2, 0.25) is 0 Å². The molecule has 0 heterocycles. The van der Waals surface area contributed by atoms with Crippen LogP contribution in [0.4, 0.5) is 11.4 Å². The standard InChI is InChI=1S/C28H26BrN3O4/c1-17-8-10-22(11-9-17)31-26(33)16-36-27-23(29)13-20(14-25(27)35-4)12-21(15-30)28(34)32-24-7-5-6-18(2)19(24)3/h5-14H,16H2,1-4H3,(H,31,33)(H,32,34)/b21-12+. The maximum Gasteiger partial charge on any atom is 0.266 e. The third-order valence-corrected chi connectivity index (χ3v) is 6.05. The number of nitrogens with zero attached hydrogens (tertiary/aromatic N) is 1. The second kappa shape index (κ2) is 12.0. The van der Waals surface area contributed by atoms with Crippen molar-refractivity contribution in [3.63, 3.8) is 0 Å². The molecule has 3 aromatic rings. The molecule has 2 N–H and O–H groups in total. The van der Waals surface area contributed by atoms with E-state index in [9.17, 15) is 14.9 Å². The quantitative estimate of drug-likeness (QED) is 0.268. The van der Waals surface area contributed by atoms with Crippen LogP contribution in [0.2, 0.25) is 0 Å². The van der Waals surface area contributed by atoms with Gasteiger partial charge in [0.15, 0.2) is 18.1 Å². The van der Waals surface area contributed by atoms with Gasteiger partial charge in [-0.1, -0.05) is 29.8 Å². The molecule has 0 unspecified atom stereocenters.